The molecule has 1 aromatic heterocycles. The Hall–Kier alpha value is -2.74. The van der Waals surface area contributed by atoms with Gasteiger partial charge in [-0.15, -0.1) is 5.10 Å². The van der Waals surface area contributed by atoms with Crippen molar-refractivity contribution in [3.63, 3.8) is 0 Å². The normalized spacial score (nSPS) is 21.9. The number of aromatic nitrogens is 3. The summed E-state index contributed by atoms with van der Waals surface area (Å²) in [4.78, 5) is 29.8. The van der Waals surface area contributed by atoms with Crippen molar-refractivity contribution in [1.82, 2.24) is 24.8 Å². The third kappa shape index (κ3) is 4.21. The zero-order chi connectivity index (χ0) is 21.2. The zero-order valence-electron chi connectivity index (χ0n) is 17.8. The number of carbonyl (C=O) groups excluding carboxylic acids is 2. The summed E-state index contributed by atoms with van der Waals surface area (Å²) in [7, 11) is 0. The van der Waals surface area contributed by atoms with E-state index >= 15 is 0 Å². The lowest BCUT2D eigenvalue weighted by Gasteiger charge is -2.30. The molecular formula is C23H29N5O3. The fourth-order valence-electron chi connectivity index (χ4n) is 5.03. The first-order valence-electron chi connectivity index (χ1n) is 11.3. The number of nitrogens with zero attached hydrogens (tertiary/aromatic N) is 5. The van der Waals surface area contributed by atoms with Crippen molar-refractivity contribution in [2.45, 2.75) is 51.2 Å². The van der Waals surface area contributed by atoms with Gasteiger partial charge in [0.05, 0.1) is 18.8 Å². The van der Waals surface area contributed by atoms with Gasteiger partial charge in [-0.2, -0.15) is 0 Å². The van der Waals surface area contributed by atoms with Crippen molar-refractivity contribution in [3.8, 4) is 0 Å². The molecule has 2 amide bonds. The third-order valence-corrected chi connectivity index (χ3v) is 6.80. The average Bonchev–Trinajstić information content (AvgIpc) is 3.48. The molecule has 4 heterocycles. The van der Waals surface area contributed by atoms with Crippen LogP contribution in [0.25, 0.3) is 0 Å². The van der Waals surface area contributed by atoms with Crippen molar-refractivity contribution >= 4 is 11.8 Å². The number of amides is 2. The van der Waals surface area contributed by atoms with Crippen LogP contribution >= 0.6 is 0 Å². The van der Waals surface area contributed by atoms with Gasteiger partial charge in [0.1, 0.15) is 0 Å². The molecule has 3 aliphatic heterocycles. The zero-order valence-corrected chi connectivity index (χ0v) is 17.8. The van der Waals surface area contributed by atoms with Gasteiger partial charge in [0.2, 0.25) is 5.91 Å². The molecule has 3 aliphatic rings. The van der Waals surface area contributed by atoms with Gasteiger partial charge in [-0.25, -0.2) is 4.68 Å². The molecule has 0 spiro atoms. The number of hydrogen-bond donors (Lipinski definition) is 0. The Morgan fingerprint density at radius 3 is 2.71 bits per heavy atom. The predicted octanol–water partition coefficient (Wildman–Crippen LogP) is 1.89. The Morgan fingerprint density at radius 1 is 1.06 bits per heavy atom. The Bertz CT molecular complexity index is 952. The summed E-state index contributed by atoms with van der Waals surface area (Å²) < 4.78 is 7.13. The first-order chi connectivity index (χ1) is 15.2. The highest BCUT2D eigenvalue weighted by atomic mass is 16.5. The molecule has 8 nitrogen and oxygen atoms in total. The predicted molar refractivity (Wildman–Crippen MR) is 113 cm³/mol. The minimum atomic E-state index is -0.0812. The molecule has 0 aliphatic carbocycles. The maximum atomic E-state index is 13.0. The van der Waals surface area contributed by atoms with Crippen LogP contribution < -0.4 is 0 Å². The van der Waals surface area contributed by atoms with E-state index in [0.29, 0.717) is 38.5 Å². The number of rotatable bonds is 4. The summed E-state index contributed by atoms with van der Waals surface area (Å²) in [5, 5.41) is 8.36. The number of likely N-dealkylation sites (tertiary alicyclic amines) is 1. The van der Waals surface area contributed by atoms with Crippen molar-refractivity contribution < 1.29 is 14.3 Å². The fourth-order valence-corrected chi connectivity index (χ4v) is 5.03. The van der Waals surface area contributed by atoms with Gasteiger partial charge in [0, 0.05) is 38.8 Å². The minimum Gasteiger partial charge on any atom is -0.381 e. The second kappa shape index (κ2) is 8.78. The number of ether oxygens (including phenoxy) is 1. The maximum Gasteiger partial charge on any atom is 0.276 e. The second-order valence-electron chi connectivity index (χ2n) is 8.79. The fraction of sp³-hybridized carbons (Fsp3) is 0.565. The van der Waals surface area contributed by atoms with E-state index in [1.54, 1.807) is 10.9 Å². The number of fused-ring (bicyclic) bond motifs is 1. The van der Waals surface area contributed by atoms with Gasteiger partial charge >= 0.3 is 0 Å². The van der Waals surface area contributed by atoms with Gasteiger partial charge < -0.3 is 14.5 Å². The summed E-state index contributed by atoms with van der Waals surface area (Å²) in [5.41, 5.74) is 2.88. The monoisotopic (exact) mass is 423 g/mol. The van der Waals surface area contributed by atoms with Crippen molar-refractivity contribution in [2.24, 2.45) is 5.92 Å². The average molecular weight is 424 g/mol. The maximum absolute atomic E-state index is 13.0. The largest absolute Gasteiger partial charge is 0.381 e. The SMILES string of the molecule is O=C(c1cn(CC2CCCN2C(=O)C2CCOCC2)nn1)N1CCc2ccccc2C1. The molecule has 0 bridgehead atoms. The quantitative estimate of drug-likeness (QED) is 0.750. The molecule has 0 N–H and O–H groups in total. The lowest BCUT2D eigenvalue weighted by molar-refractivity contribution is -0.139. The molecule has 164 valence electrons. The summed E-state index contributed by atoms with van der Waals surface area (Å²) in [6.07, 6.45) is 6.18. The lowest BCUT2D eigenvalue weighted by Crippen LogP contribution is -2.43. The van der Waals surface area contributed by atoms with Crippen LogP contribution in [0.1, 0.15) is 47.3 Å². The summed E-state index contributed by atoms with van der Waals surface area (Å²) in [5.74, 6) is 0.237. The van der Waals surface area contributed by atoms with Crippen molar-refractivity contribution in [3.05, 3.63) is 47.3 Å². The van der Waals surface area contributed by atoms with Gasteiger partial charge in [0.15, 0.2) is 5.69 Å². The van der Waals surface area contributed by atoms with Crippen LogP contribution in [0.3, 0.4) is 0 Å². The molecule has 5 rings (SSSR count). The highest BCUT2D eigenvalue weighted by Crippen LogP contribution is 2.25. The Balaban J connectivity index is 1.22. The van der Waals surface area contributed by atoms with Crippen molar-refractivity contribution in [2.75, 3.05) is 26.3 Å². The Labute approximate surface area is 182 Å². The number of carbonyl (C=O) groups is 2. The van der Waals surface area contributed by atoms with Gasteiger partial charge in [-0.05, 0) is 43.2 Å². The molecule has 1 atom stereocenters. The number of hydrogen-bond acceptors (Lipinski definition) is 5. The van der Waals surface area contributed by atoms with Gasteiger partial charge in [-0.3, -0.25) is 9.59 Å². The molecule has 2 saturated heterocycles. The molecule has 31 heavy (non-hydrogen) atoms. The molecule has 2 fully saturated rings. The van der Waals surface area contributed by atoms with E-state index in [0.717, 1.165) is 38.6 Å². The lowest BCUT2D eigenvalue weighted by atomic mass is 9.98. The number of benzene rings is 1. The first-order valence-corrected chi connectivity index (χ1v) is 11.3. The van der Waals surface area contributed by atoms with E-state index in [1.165, 1.54) is 11.1 Å². The Kier molecular flexibility index (Phi) is 5.72. The first kappa shape index (κ1) is 20.2. The van der Waals surface area contributed by atoms with E-state index < -0.39 is 0 Å². The molecule has 0 radical (unpaired) electrons. The van der Waals surface area contributed by atoms with E-state index in [2.05, 4.69) is 22.4 Å². The topological polar surface area (TPSA) is 80.6 Å². The van der Waals surface area contributed by atoms with Crippen LogP contribution in [-0.4, -0.2) is 69.0 Å². The smallest absolute Gasteiger partial charge is 0.276 e. The van der Waals surface area contributed by atoms with E-state index in [4.69, 9.17) is 4.74 Å². The van der Waals surface area contributed by atoms with E-state index in [9.17, 15) is 9.59 Å². The summed E-state index contributed by atoms with van der Waals surface area (Å²) in [6, 6.07) is 8.37. The molecule has 2 aromatic rings. The van der Waals surface area contributed by atoms with Gasteiger partial charge in [-0.1, -0.05) is 29.5 Å². The van der Waals surface area contributed by atoms with E-state index in [1.807, 2.05) is 21.9 Å². The minimum absolute atomic E-state index is 0.0733. The highest BCUT2D eigenvalue weighted by molar-refractivity contribution is 5.92. The highest BCUT2D eigenvalue weighted by Gasteiger charge is 2.34. The van der Waals surface area contributed by atoms with Gasteiger partial charge in [0.25, 0.3) is 5.91 Å². The summed E-state index contributed by atoms with van der Waals surface area (Å²) >= 11 is 0. The van der Waals surface area contributed by atoms with Crippen LogP contribution in [0, 0.1) is 5.92 Å². The van der Waals surface area contributed by atoms with Crippen LogP contribution in [0.15, 0.2) is 30.5 Å². The molecule has 1 unspecified atom stereocenters. The second-order valence-corrected chi connectivity index (χ2v) is 8.79. The van der Waals surface area contributed by atoms with Crippen LogP contribution in [0.2, 0.25) is 0 Å². The summed E-state index contributed by atoms with van der Waals surface area (Å²) in [6.45, 7) is 4.03. The molecule has 0 saturated carbocycles. The molecular weight excluding hydrogens is 394 g/mol. The molecule has 1 aromatic carbocycles. The van der Waals surface area contributed by atoms with Crippen LogP contribution in [-0.2, 0) is 29.0 Å². The van der Waals surface area contributed by atoms with Crippen LogP contribution in [0.5, 0.6) is 0 Å². The van der Waals surface area contributed by atoms with Crippen LogP contribution in [0.4, 0.5) is 0 Å². The standard InChI is InChI=1S/C23H29N5O3/c29-22(18-8-12-31-13-9-18)28-10-3-6-20(28)15-27-16-21(24-25-27)23(30)26-11-7-17-4-1-2-5-19(17)14-26/h1-2,4-5,16,18,20H,3,6-15H2. The third-order valence-electron chi connectivity index (χ3n) is 6.80. The van der Waals surface area contributed by atoms with E-state index in [-0.39, 0.29) is 23.8 Å². The van der Waals surface area contributed by atoms with Crippen molar-refractivity contribution in [1.29, 1.82) is 0 Å². The molecule has 8 heteroatoms. The Morgan fingerprint density at radius 2 is 1.87 bits per heavy atom.